The van der Waals surface area contributed by atoms with E-state index in [2.05, 4.69) is 16.7 Å². The first kappa shape index (κ1) is 15.2. The molecule has 0 radical (unpaired) electrons. The molecule has 3 aromatic rings. The molecule has 0 amide bonds. The molecule has 118 valence electrons. The first-order chi connectivity index (χ1) is 11.1. The maximum atomic E-state index is 12.3. The normalized spacial score (nSPS) is 10.7. The number of benzene rings is 1. The van der Waals surface area contributed by atoms with E-state index in [1.807, 2.05) is 38.1 Å². The highest BCUT2D eigenvalue weighted by Gasteiger charge is 2.25. The Morgan fingerprint density at radius 1 is 1.17 bits per heavy atom. The summed E-state index contributed by atoms with van der Waals surface area (Å²) in [4.78, 5) is 12.3. The third-order valence-corrected chi connectivity index (χ3v) is 4.20. The first-order valence-corrected chi connectivity index (χ1v) is 7.48. The lowest BCUT2D eigenvalue weighted by atomic mass is 10.1. The van der Waals surface area contributed by atoms with Crippen molar-refractivity contribution < 1.29 is 13.9 Å². The second kappa shape index (κ2) is 6.16. The van der Waals surface area contributed by atoms with Crippen LogP contribution >= 0.6 is 0 Å². The molecular formula is C19H19NO3. The van der Waals surface area contributed by atoms with Gasteiger partial charge in [0.15, 0.2) is 0 Å². The number of rotatable bonds is 4. The second-order valence-electron chi connectivity index (χ2n) is 5.51. The molecule has 1 aromatic carbocycles. The number of carbonyl (C=O) groups is 1. The lowest BCUT2D eigenvalue weighted by molar-refractivity contribution is 0.0601. The third kappa shape index (κ3) is 2.68. The van der Waals surface area contributed by atoms with Crippen LogP contribution in [0.25, 0.3) is 11.3 Å². The Labute approximate surface area is 135 Å². The lowest BCUT2D eigenvalue weighted by Gasteiger charge is -2.12. The molecule has 0 saturated carbocycles. The van der Waals surface area contributed by atoms with Crippen LogP contribution in [0.4, 0.5) is 0 Å². The smallest absolute Gasteiger partial charge is 0.340 e. The molecule has 0 spiro atoms. The van der Waals surface area contributed by atoms with Crippen LogP contribution in [0.3, 0.4) is 0 Å². The number of aromatic nitrogens is 1. The van der Waals surface area contributed by atoms with Gasteiger partial charge in [0.2, 0.25) is 0 Å². The second-order valence-corrected chi connectivity index (χ2v) is 5.51. The number of ether oxygens (including phenoxy) is 1. The molecule has 4 heteroatoms. The minimum atomic E-state index is -0.325. The Kier molecular flexibility index (Phi) is 4.06. The SMILES string of the molecule is COC(=O)c1c(C)c(C)n(Cc2ccccc2)c1-c1ccoc1. The van der Waals surface area contributed by atoms with Crippen molar-refractivity contribution in [3.05, 3.63) is 71.3 Å². The van der Waals surface area contributed by atoms with Gasteiger partial charge in [0.1, 0.15) is 0 Å². The molecule has 0 aliphatic rings. The van der Waals surface area contributed by atoms with E-state index < -0.39 is 0 Å². The van der Waals surface area contributed by atoms with E-state index in [0.29, 0.717) is 12.1 Å². The number of hydrogen-bond acceptors (Lipinski definition) is 3. The van der Waals surface area contributed by atoms with E-state index in [-0.39, 0.29) is 5.97 Å². The monoisotopic (exact) mass is 309 g/mol. The maximum absolute atomic E-state index is 12.3. The molecule has 0 saturated heterocycles. The molecule has 0 unspecified atom stereocenters. The summed E-state index contributed by atoms with van der Waals surface area (Å²) in [5.41, 5.74) is 5.46. The van der Waals surface area contributed by atoms with Gasteiger partial charge in [-0.15, -0.1) is 0 Å². The zero-order valence-electron chi connectivity index (χ0n) is 13.5. The Morgan fingerprint density at radius 3 is 2.52 bits per heavy atom. The summed E-state index contributed by atoms with van der Waals surface area (Å²) in [6, 6.07) is 12.0. The summed E-state index contributed by atoms with van der Waals surface area (Å²) in [6.45, 7) is 4.66. The van der Waals surface area contributed by atoms with E-state index in [0.717, 1.165) is 22.5 Å². The van der Waals surface area contributed by atoms with E-state index in [1.165, 1.54) is 12.7 Å². The van der Waals surface area contributed by atoms with Crippen molar-refractivity contribution in [3.63, 3.8) is 0 Å². The van der Waals surface area contributed by atoms with Gasteiger partial charge in [0.05, 0.1) is 30.9 Å². The van der Waals surface area contributed by atoms with Crippen LogP contribution in [0.15, 0.2) is 53.3 Å². The van der Waals surface area contributed by atoms with Crippen LogP contribution < -0.4 is 0 Å². The minimum absolute atomic E-state index is 0.325. The van der Waals surface area contributed by atoms with Crippen molar-refractivity contribution in [1.82, 2.24) is 4.57 Å². The van der Waals surface area contributed by atoms with Crippen LogP contribution in [0, 0.1) is 13.8 Å². The number of nitrogens with zero attached hydrogens (tertiary/aromatic N) is 1. The largest absolute Gasteiger partial charge is 0.472 e. The zero-order chi connectivity index (χ0) is 16.4. The van der Waals surface area contributed by atoms with E-state index in [1.54, 1.807) is 12.5 Å². The van der Waals surface area contributed by atoms with Crippen molar-refractivity contribution in [3.8, 4) is 11.3 Å². The molecule has 3 rings (SSSR count). The molecule has 0 bridgehead atoms. The molecule has 0 atom stereocenters. The van der Waals surface area contributed by atoms with Crippen molar-refractivity contribution in [2.45, 2.75) is 20.4 Å². The van der Waals surface area contributed by atoms with Crippen LogP contribution in [-0.2, 0) is 11.3 Å². The van der Waals surface area contributed by atoms with Gasteiger partial charge in [-0.2, -0.15) is 0 Å². The fourth-order valence-electron chi connectivity index (χ4n) is 2.88. The molecule has 23 heavy (non-hydrogen) atoms. The van der Waals surface area contributed by atoms with Gasteiger partial charge in [-0.25, -0.2) is 4.79 Å². The number of hydrogen-bond donors (Lipinski definition) is 0. The van der Waals surface area contributed by atoms with Gasteiger partial charge < -0.3 is 13.7 Å². The summed E-state index contributed by atoms with van der Waals surface area (Å²) in [5, 5.41) is 0. The summed E-state index contributed by atoms with van der Waals surface area (Å²) >= 11 is 0. The molecule has 2 aromatic heterocycles. The highest BCUT2D eigenvalue weighted by molar-refractivity contribution is 5.98. The Hall–Kier alpha value is -2.75. The van der Waals surface area contributed by atoms with Gasteiger partial charge in [-0.3, -0.25) is 0 Å². The summed E-state index contributed by atoms with van der Waals surface area (Å²) in [6.07, 6.45) is 3.27. The fourth-order valence-corrected chi connectivity index (χ4v) is 2.88. The molecule has 4 nitrogen and oxygen atoms in total. The number of methoxy groups -OCH3 is 1. The van der Waals surface area contributed by atoms with Crippen LogP contribution in [0.2, 0.25) is 0 Å². The molecule has 0 aliphatic heterocycles. The summed E-state index contributed by atoms with van der Waals surface area (Å²) in [7, 11) is 1.41. The van der Waals surface area contributed by atoms with Gasteiger partial charge in [0.25, 0.3) is 0 Å². The van der Waals surface area contributed by atoms with Crippen LogP contribution in [0.5, 0.6) is 0 Å². The predicted molar refractivity (Wildman–Crippen MR) is 88.5 cm³/mol. The van der Waals surface area contributed by atoms with Crippen molar-refractivity contribution >= 4 is 5.97 Å². The first-order valence-electron chi connectivity index (χ1n) is 7.48. The highest BCUT2D eigenvalue weighted by atomic mass is 16.5. The quantitative estimate of drug-likeness (QED) is 0.678. The van der Waals surface area contributed by atoms with Crippen molar-refractivity contribution in [2.75, 3.05) is 7.11 Å². The Balaban J connectivity index is 2.20. The van der Waals surface area contributed by atoms with Gasteiger partial charge in [-0.1, -0.05) is 30.3 Å². The van der Waals surface area contributed by atoms with Gasteiger partial charge >= 0.3 is 5.97 Å². The van der Waals surface area contributed by atoms with Gasteiger partial charge in [0, 0.05) is 17.8 Å². The van der Waals surface area contributed by atoms with E-state index >= 15 is 0 Å². The highest BCUT2D eigenvalue weighted by Crippen LogP contribution is 2.33. The molecular weight excluding hydrogens is 290 g/mol. The molecule has 2 heterocycles. The summed E-state index contributed by atoms with van der Waals surface area (Å²) in [5.74, 6) is -0.325. The average Bonchev–Trinajstić information content (AvgIpc) is 3.18. The Morgan fingerprint density at radius 2 is 1.91 bits per heavy atom. The number of furan rings is 1. The topological polar surface area (TPSA) is 44.4 Å². The average molecular weight is 309 g/mol. The lowest BCUT2D eigenvalue weighted by Crippen LogP contribution is -2.07. The van der Waals surface area contributed by atoms with Crippen LogP contribution in [0.1, 0.15) is 27.2 Å². The number of esters is 1. The maximum Gasteiger partial charge on any atom is 0.340 e. The zero-order valence-corrected chi connectivity index (χ0v) is 13.5. The van der Waals surface area contributed by atoms with Gasteiger partial charge in [-0.05, 0) is 31.0 Å². The Bertz CT molecular complexity index is 814. The van der Waals surface area contributed by atoms with Crippen molar-refractivity contribution in [1.29, 1.82) is 0 Å². The standard InChI is InChI=1S/C19H19NO3/c1-13-14(2)20(11-15-7-5-4-6-8-15)18(16-9-10-23-12-16)17(13)19(21)22-3/h4-10,12H,11H2,1-3H3. The fraction of sp³-hybridized carbons (Fsp3) is 0.211. The summed E-state index contributed by atoms with van der Waals surface area (Å²) < 4.78 is 12.4. The van der Waals surface area contributed by atoms with Crippen molar-refractivity contribution in [2.24, 2.45) is 0 Å². The molecule has 0 aliphatic carbocycles. The third-order valence-electron chi connectivity index (χ3n) is 4.20. The minimum Gasteiger partial charge on any atom is -0.472 e. The number of carbonyl (C=O) groups excluding carboxylic acids is 1. The molecule has 0 fully saturated rings. The van der Waals surface area contributed by atoms with Crippen LogP contribution in [-0.4, -0.2) is 17.6 Å². The molecule has 0 N–H and O–H groups in total. The van der Waals surface area contributed by atoms with E-state index in [4.69, 9.17) is 9.15 Å². The van der Waals surface area contributed by atoms with E-state index in [9.17, 15) is 4.79 Å². The predicted octanol–water partition coefficient (Wildman–Crippen LogP) is 4.20.